The van der Waals surface area contributed by atoms with E-state index in [1.54, 1.807) is 24.6 Å². The summed E-state index contributed by atoms with van der Waals surface area (Å²) in [5, 5.41) is 16.0. The van der Waals surface area contributed by atoms with Crippen molar-refractivity contribution in [1.29, 1.82) is 0 Å². The Labute approximate surface area is 174 Å². The maximum absolute atomic E-state index is 13.7. The van der Waals surface area contributed by atoms with E-state index in [9.17, 15) is 14.0 Å². The number of carbonyl (C=O) groups excluding carboxylic acids is 2. The number of aryl methyl sites for hydroxylation is 1. The number of anilines is 1. The van der Waals surface area contributed by atoms with E-state index in [0.29, 0.717) is 16.1 Å². The number of hydrogen-bond acceptors (Lipinski definition) is 7. The molecule has 0 spiro atoms. The van der Waals surface area contributed by atoms with E-state index in [0.717, 1.165) is 5.69 Å². The van der Waals surface area contributed by atoms with Crippen LogP contribution in [0.2, 0.25) is 0 Å². The second kappa shape index (κ2) is 9.14. The minimum absolute atomic E-state index is 0.0352. The lowest BCUT2D eigenvalue weighted by Gasteiger charge is -2.10. The molecule has 0 aliphatic rings. The first-order chi connectivity index (χ1) is 13.8. The van der Waals surface area contributed by atoms with Crippen molar-refractivity contribution in [3.63, 3.8) is 0 Å². The minimum atomic E-state index is -0.588. The Morgan fingerprint density at radius 2 is 2.07 bits per heavy atom. The summed E-state index contributed by atoms with van der Waals surface area (Å²) < 4.78 is 15.4. The molecule has 2 N–H and O–H groups in total. The predicted octanol–water partition coefficient (Wildman–Crippen LogP) is 2.77. The lowest BCUT2D eigenvalue weighted by atomic mass is 10.2. The van der Waals surface area contributed by atoms with Gasteiger partial charge in [-0.05, 0) is 26.0 Å². The van der Waals surface area contributed by atoms with Crippen LogP contribution in [0.25, 0.3) is 0 Å². The number of carbonyl (C=O) groups is 2. The van der Waals surface area contributed by atoms with Crippen LogP contribution < -0.4 is 10.6 Å². The Bertz CT molecular complexity index is 1040. The molecule has 0 bridgehead atoms. The lowest BCUT2D eigenvalue weighted by Crippen LogP contribution is -2.25. The summed E-state index contributed by atoms with van der Waals surface area (Å²) >= 11 is 2.60. The van der Waals surface area contributed by atoms with Gasteiger partial charge in [-0.3, -0.25) is 9.59 Å². The van der Waals surface area contributed by atoms with Gasteiger partial charge in [0.05, 0.1) is 23.1 Å². The molecule has 29 heavy (non-hydrogen) atoms. The molecule has 0 saturated carbocycles. The Hall–Kier alpha value is -2.79. The molecule has 1 aromatic carbocycles. The normalized spacial score (nSPS) is 11.9. The summed E-state index contributed by atoms with van der Waals surface area (Å²) in [4.78, 5) is 28.7. The van der Waals surface area contributed by atoms with Crippen molar-refractivity contribution in [2.75, 3.05) is 5.32 Å². The molecule has 0 radical (unpaired) electrons. The molecule has 152 valence electrons. The van der Waals surface area contributed by atoms with E-state index >= 15 is 0 Å². The summed E-state index contributed by atoms with van der Waals surface area (Å²) in [6, 6.07) is 5.75. The van der Waals surface area contributed by atoms with Crippen molar-refractivity contribution in [3.05, 3.63) is 52.5 Å². The Morgan fingerprint density at radius 3 is 2.76 bits per heavy atom. The number of benzene rings is 1. The van der Waals surface area contributed by atoms with E-state index in [1.165, 1.54) is 41.3 Å². The van der Waals surface area contributed by atoms with Crippen LogP contribution >= 0.6 is 23.1 Å². The number of hydrogen-bond donors (Lipinski definition) is 2. The van der Waals surface area contributed by atoms with Crippen molar-refractivity contribution in [1.82, 2.24) is 25.1 Å². The third kappa shape index (κ3) is 5.18. The topological polar surface area (TPSA) is 102 Å². The summed E-state index contributed by atoms with van der Waals surface area (Å²) in [5.74, 6) is -0.830. The van der Waals surface area contributed by atoms with Crippen LogP contribution in [-0.2, 0) is 18.4 Å². The zero-order valence-electron chi connectivity index (χ0n) is 16.0. The summed E-state index contributed by atoms with van der Waals surface area (Å²) in [5.41, 5.74) is 0.813. The van der Waals surface area contributed by atoms with Gasteiger partial charge >= 0.3 is 0 Å². The third-order valence-corrected chi connectivity index (χ3v) is 5.96. The van der Waals surface area contributed by atoms with E-state index in [1.807, 2.05) is 12.3 Å². The molecular formula is C18H19FN6O2S2. The highest BCUT2D eigenvalue weighted by molar-refractivity contribution is 8.00. The van der Waals surface area contributed by atoms with Gasteiger partial charge in [-0.25, -0.2) is 9.37 Å². The van der Waals surface area contributed by atoms with Crippen LogP contribution in [-0.4, -0.2) is 36.8 Å². The molecule has 2 amide bonds. The number of amides is 2. The average molecular weight is 435 g/mol. The summed E-state index contributed by atoms with van der Waals surface area (Å²) in [7, 11) is 1.74. The molecule has 0 aliphatic carbocycles. The van der Waals surface area contributed by atoms with Gasteiger partial charge in [-0.2, -0.15) is 0 Å². The van der Waals surface area contributed by atoms with Gasteiger partial charge in [0.2, 0.25) is 5.91 Å². The quantitative estimate of drug-likeness (QED) is 0.555. The van der Waals surface area contributed by atoms with E-state index in [-0.39, 0.29) is 18.0 Å². The van der Waals surface area contributed by atoms with Crippen molar-refractivity contribution < 1.29 is 14.0 Å². The maximum Gasteiger partial charge on any atom is 0.254 e. The summed E-state index contributed by atoms with van der Waals surface area (Å²) in [6.07, 6.45) is 0. The van der Waals surface area contributed by atoms with Gasteiger partial charge < -0.3 is 15.2 Å². The first kappa shape index (κ1) is 20.9. The second-order valence-corrected chi connectivity index (χ2v) is 8.33. The van der Waals surface area contributed by atoms with Crippen LogP contribution in [0.3, 0.4) is 0 Å². The van der Waals surface area contributed by atoms with Crippen LogP contribution in [0.4, 0.5) is 9.52 Å². The van der Waals surface area contributed by atoms with Gasteiger partial charge in [0.25, 0.3) is 5.91 Å². The molecule has 2 aromatic heterocycles. The zero-order valence-corrected chi connectivity index (χ0v) is 17.6. The highest BCUT2D eigenvalue weighted by Gasteiger charge is 2.20. The molecule has 0 aliphatic heterocycles. The predicted molar refractivity (Wildman–Crippen MR) is 109 cm³/mol. The first-order valence-electron chi connectivity index (χ1n) is 8.65. The highest BCUT2D eigenvalue weighted by atomic mass is 32.2. The first-order valence-corrected chi connectivity index (χ1v) is 10.4. The number of rotatable bonds is 7. The van der Waals surface area contributed by atoms with Crippen LogP contribution in [0, 0.1) is 12.7 Å². The molecule has 0 unspecified atom stereocenters. The SMILES string of the molecule is Cc1csc(NC(=O)[C@H](C)Sc2nnc(CNC(=O)c3ccccc3F)n2C)n1. The largest absolute Gasteiger partial charge is 0.345 e. The van der Waals surface area contributed by atoms with Crippen molar-refractivity contribution in [2.24, 2.45) is 7.05 Å². The van der Waals surface area contributed by atoms with E-state index in [4.69, 9.17) is 0 Å². The zero-order chi connectivity index (χ0) is 21.0. The standard InChI is InChI=1S/C18H19FN6O2S2/c1-10-9-28-17(21-10)22-15(26)11(2)29-18-24-23-14(25(18)3)8-20-16(27)12-6-4-5-7-13(12)19/h4-7,9,11H,8H2,1-3H3,(H,20,27)(H,21,22,26)/t11-/m0/s1. The molecule has 0 fully saturated rings. The second-order valence-electron chi connectivity index (χ2n) is 6.16. The minimum Gasteiger partial charge on any atom is -0.345 e. The van der Waals surface area contributed by atoms with E-state index in [2.05, 4.69) is 25.8 Å². The van der Waals surface area contributed by atoms with Crippen molar-refractivity contribution >= 4 is 40.0 Å². The van der Waals surface area contributed by atoms with Gasteiger partial charge in [-0.1, -0.05) is 23.9 Å². The lowest BCUT2D eigenvalue weighted by molar-refractivity contribution is -0.115. The van der Waals surface area contributed by atoms with Gasteiger partial charge in [0, 0.05) is 12.4 Å². The molecule has 0 saturated heterocycles. The number of thioether (sulfide) groups is 1. The fourth-order valence-corrected chi connectivity index (χ4v) is 3.86. The fourth-order valence-electron chi connectivity index (χ4n) is 2.33. The number of nitrogens with one attached hydrogen (secondary N) is 2. The number of thiazole rings is 1. The third-order valence-electron chi connectivity index (χ3n) is 3.95. The molecule has 8 nitrogen and oxygen atoms in total. The molecule has 3 aromatic rings. The van der Waals surface area contributed by atoms with Gasteiger partial charge in [0.15, 0.2) is 16.1 Å². The van der Waals surface area contributed by atoms with E-state index < -0.39 is 17.0 Å². The number of halogens is 1. The fraction of sp³-hybridized carbons (Fsp3) is 0.278. The maximum atomic E-state index is 13.7. The molecular weight excluding hydrogens is 415 g/mol. The van der Waals surface area contributed by atoms with Crippen LogP contribution in [0.1, 0.15) is 28.8 Å². The van der Waals surface area contributed by atoms with Crippen molar-refractivity contribution in [2.45, 2.75) is 30.8 Å². The molecule has 3 rings (SSSR count). The molecule has 1 atom stereocenters. The van der Waals surface area contributed by atoms with Crippen LogP contribution in [0.15, 0.2) is 34.8 Å². The monoisotopic (exact) mass is 434 g/mol. The summed E-state index contributed by atoms with van der Waals surface area (Å²) in [6.45, 7) is 3.70. The Kier molecular flexibility index (Phi) is 6.60. The molecule has 2 heterocycles. The van der Waals surface area contributed by atoms with Gasteiger partial charge in [-0.15, -0.1) is 21.5 Å². The number of nitrogens with zero attached hydrogens (tertiary/aromatic N) is 4. The number of aromatic nitrogens is 4. The van der Waals surface area contributed by atoms with Gasteiger partial charge in [0.1, 0.15) is 5.82 Å². The van der Waals surface area contributed by atoms with Crippen molar-refractivity contribution in [3.8, 4) is 0 Å². The molecule has 11 heteroatoms. The van der Waals surface area contributed by atoms with Crippen LogP contribution in [0.5, 0.6) is 0 Å². The Balaban J connectivity index is 1.58. The smallest absolute Gasteiger partial charge is 0.254 e. The highest BCUT2D eigenvalue weighted by Crippen LogP contribution is 2.23. The Morgan fingerprint density at radius 1 is 1.31 bits per heavy atom. The average Bonchev–Trinajstić information content (AvgIpc) is 3.25.